The number of carbonyl (C=O) groups is 3. The van der Waals surface area contributed by atoms with Crippen LogP contribution in [0.15, 0.2) is 48.6 Å². The van der Waals surface area contributed by atoms with Crippen molar-refractivity contribution < 1.29 is 38.2 Å². The molecule has 0 heterocycles. The molecule has 0 amide bonds. The molecule has 53 heavy (non-hydrogen) atoms. The number of carboxylic acids is 1. The summed E-state index contributed by atoms with van der Waals surface area (Å²) in [6, 6.07) is -0.619. The highest BCUT2D eigenvalue weighted by Gasteiger charge is 2.31. The van der Waals surface area contributed by atoms with Crippen LogP contribution in [0.4, 0.5) is 0 Å². The molecule has 1 N–H and O–H groups in total. The summed E-state index contributed by atoms with van der Waals surface area (Å²) in [6.45, 7) is 4.57. The van der Waals surface area contributed by atoms with Crippen LogP contribution >= 0.6 is 0 Å². The molecule has 2 atom stereocenters. The SMILES string of the molecule is CC/C=C/C=C/C=C/CCCCCCCCCC(=O)OCC(COCCC(C(=O)O)[N+](C)(C)C)OC(=O)CCCCC/C=C/CCCCCCCCC. The van der Waals surface area contributed by atoms with Gasteiger partial charge >= 0.3 is 17.9 Å². The summed E-state index contributed by atoms with van der Waals surface area (Å²) in [7, 11) is 5.51. The molecule has 0 aliphatic heterocycles. The predicted octanol–water partition coefficient (Wildman–Crippen LogP) is 11.2. The summed E-state index contributed by atoms with van der Waals surface area (Å²) in [5.74, 6) is -1.51. The smallest absolute Gasteiger partial charge is 0.362 e. The first-order chi connectivity index (χ1) is 25.6. The second kappa shape index (κ2) is 36.3. The number of hydrogen-bond donors (Lipinski definition) is 1. The number of carbonyl (C=O) groups excluding carboxylic acids is 2. The Kier molecular flexibility index (Phi) is 34.4. The van der Waals surface area contributed by atoms with Crippen LogP contribution < -0.4 is 0 Å². The van der Waals surface area contributed by atoms with Crippen LogP contribution in [0.5, 0.6) is 0 Å². The molecule has 0 aliphatic carbocycles. The van der Waals surface area contributed by atoms with Gasteiger partial charge in [-0.2, -0.15) is 0 Å². The van der Waals surface area contributed by atoms with Gasteiger partial charge in [-0.05, 0) is 57.8 Å². The van der Waals surface area contributed by atoms with Gasteiger partial charge in [-0.25, -0.2) is 4.79 Å². The quantitative estimate of drug-likeness (QED) is 0.0222. The summed E-state index contributed by atoms with van der Waals surface area (Å²) >= 11 is 0. The first-order valence-electron chi connectivity index (χ1n) is 21.2. The Morgan fingerprint density at radius 3 is 1.62 bits per heavy atom. The molecule has 0 fully saturated rings. The third-order valence-corrected chi connectivity index (χ3v) is 9.27. The van der Waals surface area contributed by atoms with Gasteiger partial charge in [-0.1, -0.05) is 140 Å². The lowest BCUT2D eigenvalue weighted by molar-refractivity contribution is -0.887. The number of likely N-dealkylation sites (N-methyl/N-ethyl adjacent to an activating group) is 1. The Labute approximate surface area is 325 Å². The molecule has 0 saturated carbocycles. The second-order valence-electron chi connectivity index (χ2n) is 15.3. The largest absolute Gasteiger partial charge is 0.477 e. The zero-order valence-electron chi connectivity index (χ0n) is 34.7. The number of aliphatic carboxylic acids is 1. The van der Waals surface area contributed by atoms with Crippen LogP contribution in [0.3, 0.4) is 0 Å². The summed E-state index contributed by atoms with van der Waals surface area (Å²) in [4.78, 5) is 36.9. The summed E-state index contributed by atoms with van der Waals surface area (Å²) in [6.07, 6.45) is 41.5. The molecule has 0 aromatic carbocycles. The molecular formula is C45H80NO7+. The monoisotopic (exact) mass is 747 g/mol. The highest BCUT2D eigenvalue weighted by atomic mass is 16.6. The fourth-order valence-electron chi connectivity index (χ4n) is 5.97. The van der Waals surface area contributed by atoms with E-state index in [0.29, 0.717) is 19.3 Å². The minimum absolute atomic E-state index is 0.0504. The van der Waals surface area contributed by atoms with Crippen molar-refractivity contribution in [3.05, 3.63) is 48.6 Å². The highest BCUT2D eigenvalue weighted by Crippen LogP contribution is 2.13. The van der Waals surface area contributed by atoms with Crippen molar-refractivity contribution in [2.24, 2.45) is 0 Å². The van der Waals surface area contributed by atoms with Crippen molar-refractivity contribution in [3.63, 3.8) is 0 Å². The number of unbranched alkanes of at least 4 members (excludes halogenated alkanes) is 17. The van der Waals surface area contributed by atoms with Gasteiger partial charge < -0.3 is 23.8 Å². The number of hydrogen-bond acceptors (Lipinski definition) is 6. The number of allylic oxidation sites excluding steroid dienone is 8. The highest BCUT2D eigenvalue weighted by molar-refractivity contribution is 5.72. The van der Waals surface area contributed by atoms with Crippen LogP contribution in [-0.2, 0) is 28.6 Å². The van der Waals surface area contributed by atoms with Crippen molar-refractivity contribution in [1.82, 2.24) is 0 Å². The lowest BCUT2D eigenvalue weighted by Crippen LogP contribution is -2.50. The Morgan fingerprint density at radius 2 is 1.08 bits per heavy atom. The number of nitrogens with zero attached hydrogens (tertiary/aromatic N) is 1. The summed E-state index contributed by atoms with van der Waals surface area (Å²) in [5, 5.41) is 9.60. The molecule has 306 valence electrons. The van der Waals surface area contributed by atoms with Crippen LogP contribution in [0, 0.1) is 0 Å². The molecule has 0 aromatic heterocycles. The van der Waals surface area contributed by atoms with Crippen LogP contribution in [0.1, 0.15) is 168 Å². The van der Waals surface area contributed by atoms with E-state index in [0.717, 1.165) is 64.2 Å². The molecule has 0 saturated heterocycles. The van der Waals surface area contributed by atoms with E-state index in [1.54, 1.807) is 0 Å². The van der Waals surface area contributed by atoms with Crippen molar-refractivity contribution in [3.8, 4) is 0 Å². The maximum Gasteiger partial charge on any atom is 0.362 e. The van der Waals surface area contributed by atoms with Gasteiger partial charge in [0.2, 0.25) is 0 Å². The molecule has 8 heteroatoms. The third-order valence-electron chi connectivity index (χ3n) is 9.27. The lowest BCUT2D eigenvalue weighted by atomic mass is 10.1. The second-order valence-corrected chi connectivity index (χ2v) is 15.3. The molecule has 8 nitrogen and oxygen atoms in total. The van der Waals surface area contributed by atoms with Crippen molar-refractivity contribution in [1.29, 1.82) is 0 Å². The first-order valence-corrected chi connectivity index (χ1v) is 21.2. The third kappa shape index (κ3) is 34.8. The Morgan fingerprint density at radius 1 is 0.585 bits per heavy atom. The predicted molar refractivity (Wildman–Crippen MR) is 220 cm³/mol. The fourth-order valence-corrected chi connectivity index (χ4v) is 5.97. The molecule has 0 aromatic rings. The van der Waals surface area contributed by atoms with Gasteiger partial charge in [0.15, 0.2) is 12.1 Å². The Hall–Kier alpha value is -2.71. The van der Waals surface area contributed by atoms with Gasteiger partial charge in [0.1, 0.15) is 6.61 Å². The normalized spacial score (nSPS) is 13.5. The molecule has 0 spiro atoms. The van der Waals surface area contributed by atoms with Crippen molar-refractivity contribution in [2.75, 3.05) is 41.0 Å². The Balaban J connectivity index is 4.41. The van der Waals surface area contributed by atoms with E-state index in [-0.39, 0.29) is 36.2 Å². The maximum absolute atomic E-state index is 12.7. The van der Waals surface area contributed by atoms with Crippen LogP contribution in [0.25, 0.3) is 0 Å². The number of quaternary nitrogens is 1. The standard InChI is InChI=1S/C45H79NO7/c1-6-8-10-12-14-16-18-20-22-24-25-27-29-31-33-35-43(47)52-40-41(39-51-38-37-42(45(49)50)46(3,4)5)53-44(48)36-34-32-30-28-26-23-21-19-17-15-13-11-9-7-2/h8,10,12,14,16,18,23,26,41-42H,6-7,9,11,13,15,17,19-22,24-25,27-40H2,1-5H3/p+1/b10-8+,14-12+,18-16+,26-23+. The van der Waals surface area contributed by atoms with E-state index in [2.05, 4.69) is 62.5 Å². The molecule has 0 radical (unpaired) electrons. The van der Waals surface area contributed by atoms with Crippen LogP contribution in [0.2, 0.25) is 0 Å². The molecule has 0 aliphatic rings. The van der Waals surface area contributed by atoms with Gasteiger partial charge in [0, 0.05) is 19.3 Å². The van der Waals surface area contributed by atoms with Crippen molar-refractivity contribution in [2.45, 2.75) is 180 Å². The lowest BCUT2D eigenvalue weighted by Gasteiger charge is -2.31. The van der Waals surface area contributed by atoms with E-state index < -0.39 is 18.1 Å². The van der Waals surface area contributed by atoms with E-state index in [9.17, 15) is 19.5 Å². The zero-order chi connectivity index (χ0) is 39.3. The average Bonchev–Trinajstić information content (AvgIpc) is 3.11. The van der Waals surface area contributed by atoms with Gasteiger partial charge in [-0.3, -0.25) is 9.59 Å². The molecule has 2 unspecified atom stereocenters. The van der Waals surface area contributed by atoms with E-state index >= 15 is 0 Å². The molecule has 0 bridgehead atoms. The first kappa shape index (κ1) is 50.3. The van der Waals surface area contributed by atoms with Crippen molar-refractivity contribution >= 4 is 17.9 Å². The zero-order valence-corrected chi connectivity index (χ0v) is 34.7. The fraction of sp³-hybridized carbons (Fsp3) is 0.756. The van der Waals surface area contributed by atoms with E-state index in [1.165, 1.54) is 70.6 Å². The maximum atomic E-state index is 12.7. The van der Waals surface area contributed by atoms with Crippen LogP contribution in [-0.4, -0.2) is 80.6 Å². The molecule has 0 rings (SSSR count). The van der Waals surface area contributed by atoms with Gasteiger partial charge in [-0.15, -0.1) is 0 Å². The van der Waals surface area contributed by atoms with Gasteiger partial charge in [0.25, 0.3) is 0 Å². The van der Waals surface area contributed by atoms with Gasteiger partial charge in [0.05, 0.1) is 34.4 Å². The summed E-state index contributed by atoms with van der Waals surface area (Å²) in [5.41, 5.74) is 0. The van der Waals surface area contributed by atoms with E-state index in [4.69, 9.17) is 14.2 Å². The summed E-state index contributed by atoms with van der Waals surface area (Å²) < 4.78 is 17.2. The Bertz CT molecular complexity index is 1010. The number of ether oxygens (including phenoxy) is 3. The topological polar surface area (TPSA) is 99.1 Å². The molecular weight excluding hydrogens is 666 g/mol. The average molecular weight is 747 g/mol. The number of esters is 2. The minimum Gasteiger partial charge on any atom is -0.477 e. The minimum atomic E-state index is -0.881. The number of carboxylic acid groups (broad SMARTS) is 1. The number of rotatable bonds is 37. The van der Waals surface area contributed by atoms with E-state index in [1.807, 2.05) is 21.1 Å².